The van der Waals surface area contributed by atoms with E-state index < -0.39 is 12.1 Å². The molecular weight excluding hydrogens is 670 g/mol. The highest BCUT2D eigenvalue weighted by Crippen LogP contribution is 2.47. The van der Waals surface area contributed by atoms with Crippen molar-refractivity contribution in [3.05, 3.63) is 91.9 Å². The summed E-state index contributed by atoms with van der Waals surface area (Å²) in [4.78, 5) is 33.2. The zero-order valence-corrected chi connectivity index (χ0v) is 32.6. The summed E-state index contributed by atoms with van der Waals surface area (Å²) >= 11 is 0. The summed E-state index contributed by atoms with van der Waals surface area (Å²) in [5.74, 6) is 1.24. The fraction of sp³-hybridized carbons (Fsp3) is 0.512. The number of hydrogen-bond donors (Lipinski definition) is 0. The number of aryl methyl sites for hydroxylation is 1. The molecule has 1 atom stereocenters. The molecule has 0 N–H and O–H groups in total. The van der Waals surface area contributed by atoms with Crippen LogP contribution in [-0.2, 0) is 31.4 Å². The Labute approximate surface area is 313 Å². The smallest absolute Gasteiger partial charge is 0.264 e. The van der Waals surface area contributed by atoms with Gasteiger partial charge in [-0.3, -0.25) is 23.8 Å². The predicted molar refractivity (Wildman–Crippen MR) is 206 cm³/mol. The molecule has 3 heterocycles. The largest absolute Gasteiger partial charge is 0.496 e. The fourth-order valence-electron chi connectivity index (χ4n) is 8.47. The molecule has 2 aromatic carbocycles. The molecule has 1 aliphatic carbocycles. The van der Waals surface area contributed by atoms with Gasteiger partial charge in [0.25, 0.3) is 11.5 Å². The molecule has 53 heavy (non-hydrogen) atoms. The van der Waals surface area contributed by atoms with Gasteiger partial charge in [-0.25, -0.2) is 0 Å². The predicted octanol–water partition coefficient (Wildman–Crippen LogP) is 6.82. The topological polar surface area (TPSA) is 91.0 Å². The van der Waals surface area contributed by atoms with E-state index in [0.29, 0.717) is 6.54 Å². The first-order chi connectivity index (χ1) is 25.3. The highest BCUT2D eigenvalue weighted by atomic mass is 19.1. The van der Waals surface area contributed by atoms with Gasteiger partial charge < -0.3 is 18.9 Å². The molecule has 2 fully saturated rings. The highest BCUT2D eigenvalue weighted by molar-refractivity contribution is 5.97. The number of nitrogens with zero attached hydrogens (tertiary/aromatic N) is 5. The van der Waals surface area contributed by atoms with Crippen LogP contribution < -0.4 is 15.0 Å². The molecule has 3 aliphatic rings. The summed E-state index contributed by atoms with van der Waals surface area (Å²) in [6.07, 6.45) is 7.10. The van der Waals surface area contributed by atoms with Crippen molar-refractivity contribution in [2.45, 2.75) is 85.0 Å². The van der Waals surface area contributed by atoms with Crippen LogP contribution >= 0.6 is 0 Å². The number of ether oxygens (including phenoxy) is 2. The minimum atomic E-state index is -0.876. The van der Waals surface area contributed by atoms with E-state index >= 15 is 0 Å². The summed E-state index contributed by atoms with van der Waals surface area (Å²) in [5.41, 5.74) is 7.64. The summed E-state index contributed by atoms with van der Waals surface area (Å²) in [6.45, 7) is 13.6. The first kappa shape index (κ1) is 38.3. The number of carbonyl (C=O) groups excluding carboxylic acids is 1. The van der Waals surface area contributed by atoms with Crippen molar-refractivity contribution in [2.24, 2.45) is 12.5 Å². The van der Waals surface area contributed by atoms with Crippen LogP contribution in [0.2, 0.25) is 0 Å². The van der Waals surface area contributed by atoms with E-state index in [0.717, 1.165) is 103 Å². The number of allylic oxidation sites excluding steroid dienone is 1. The van der Waals surface area contributed by atoms with Gasteiger partial charge >= 0.3 is 0 Å². The number of hydrogen-bond acceptors (Lipinski definition) is 7. The van der Waals surface area contributed by atoms with Gasteiger partial charge in [-0.15, -0.1) is 0 Å². The normalized spacial score (nSPS) is 18.8. The lowest BCUT2D eigenvalue weighted by Crippen LogP contribution is -2.54. The maximum absolute atomic E-state index is 13.6. The molecule has 9 nitrogen and oxygen atoms in total. The van der Waals surface area contributed by atoms with Gasteiger partial charge in [-0.05, 0) is 79.5 Å². The van der Waals surface area contributed by atoms with Crippen LogP contribution in [0.5, 0.6) is 11.5 Å². The Bertz CT molecular complexity index is 2000. The van der Waals surface area contributed by atoms with E-state index in [4.69, 9.17) is 9.47 Å². The Morgan fingerprint density at radius 3 is 2.38 bits per heavy atom. The van der Waals surface area contributed by atoms with Crippen LogP contribution in [0.3, 0.4) is 0 Å². The van der Waals surface area contributed by atoms with E-state index in [9.17, 15) is 19.2 Å². The lowest BCUT2D eigenvalue weighted by molar-refractivity contribution is -0.129. The van der Waals surface area contributed by atoms with E-state index in [1.807, 2.05) is 24.9 Å². The molecule has 1 amide bonds. The maximum Gasteiger partial charge on any atom is 0.264 e. The molecule has 0 radical (unpaired) electrons. The van der Waals surface area contributed by atoms with E-state index in [2.05, 4.69) is 53.1 Å². The average Bonchev–Trinajstić information content (AvgIpc) is 3.93. The summed E-state index contributed by atoms with van der Waals surface area (Å²) in [6, 6.07) is 12.5. The Morgan fingerprint density at radius 1 is 1.08 bits per heavy atom. The van der Waals surface area contributed by atoms with Gasteiger partial charge in [0.15, 0.2) is 0 Å². The number of benzene rings is 2. The lowest BCUT2D eigenvalue weighted by atomic mass is 9.86. The number of piperazine rings is 1. The van der Waals surface area contributed by atoms with Crippen molar-refractivity contribution in [3.8, 4) is 28.7 Å². The Balaban J connectivity index is 1.19. The maximum atomic E-state index is 13.6. The third kappa shape index (κ3) is 7.39. The van der Waals surface area contributed by atoms with Gasteiger partial charge in [0.05, 0.1) is 32.5 Å². The van der Waals surface area contributed by atoms with Crippen LogP contribution in [0.4, 0.5) is 4.39 Å². The van der Waals surface area contributed by atoms with Crippen molar-refractivity contribution >= 4 is 5.91 Å². The standard InChI is InChI=1S/C43H54FN5O4/c1-9-37-34-12-10-11-30(33(34)13-16-49(37)41(51)32(22-45)21-42(4,5)26-44)23-47-17-18-48(43(27-47)14-15-43)25-36-38(52-7)19-31(20-39(36)53-8)35-24-46(6)40(50)29(3)28(35)2/h10-12,19-21,24,37H,9,13-18,23,25-27H2,1-8H3. The quantitative estimate of drug-likeness (QED) is 0.159. The molecule has 1 aromatic heterocycles. The Kier molecular flexibility index (Phi) is 10.9. The van der Waals surface area contributed by atoms with Gasteiger partial charge in [-0.2, -0.15) is 5.26 Å². The van der Waals surface area contributed by atoms with E-state index in [-0.39, 0.29) is 28.6 Å². The molecule has 1 saturated heterocycles. The SMILES string of the molecule is CCC1c2cccc(CN3CCN(Cc4c(OC)cc(-c5cn(C)c(=O)c(C)c5C)cc4OC)C4(CC4)C3)c2CCN1C(=O)C(C#N)=CC(C)(C)CF. The monoisotopic (exact) mass is 723 g/mol. The van der Waals surface area contributed by atoms with Crippen LogP contribution in [0.1, 0.15) is 79.5 Å². The number of nitriles is 1. The lowest BCUT2D eigenvalue weighted by Gasteiger charge is -2.43. The van der Waals surface area contributed by atoms with Crippen molar-refractivity contribution in [2.75, 3.05) is 47.1 Å². The molecule has 6 rings (SSSR count). The number of fused-ring (bicyclic) bond motifs is 1. The van der Waals surface area contributed by atoms with Crippen molar-refractivity contribution in [3.63, 3.8) is 0 Å². The van der Waals surface area contributed by atoms with Crippen LogP contribution in [0.25, 0.3) is 11.1 Å². The minimum absolute atomic E-state index is 0.00550. The number of halogens is 1. The first-order valence-electron chi connectivity index (χ1n) is 18.8. The molecule has 1 spiro atoms. The van der Waals surface area contributed by atoms with Crippen molar-refractivity contribution < 1.29 is 18.7 Å². The number of methoxy groups -OCH3 is 2. The number of carbonyl (C=O) groups is 1. The zero-order valence-electron chi connectivity index (χ0n) is 32.6. The van der Waals surface area contributed by atoms with Crippen LogP contribution in [0.15, 0.2) is 53.0 Å². The second kappa shape index (κ2) is 15.1. The average molecular weight is 724 g/mol. The number of aromatic nitrogens is 1. The first-order valence-corrected chi connectivity index (χ1v) is 18.8. The number of rotatable bonds is 11. The van der Waals surface area contributed by atoms with Gasteiger partial charge in [0, 0.05) is 74.6 Å². The van der Waals surface area contributed by atoms with Gasteiger partial charge in [0.1, 0.15) is 23.1 Å². The summed E-state index contributed by atoms with van der Waals surface area (Å²) < 4.78 is 27.2. The molecule has 1 saturated carbocycles. The van der Waals surface area contributed by atoms with Crippen molar-refractivity contribution in [1.29, 1.82) is 5.26 Å². The Hall–Kier alpha value is -4.46. The Morgan fingerprint density at radius 2 is 1.77 bits per heavy atom. The second-order valence-electron chi connectivity index (χ2n) is 15.9. The third-order valence-electron chi connectivity index (χ3n) is 11.8. The number of pyridine rings is 1. The third-order valence-corrected chi connectivity index (χ3v) is 11.8. The molecule has 1 unspecified atom stereocenters. The molecule has 3 aromatic rings. The van der Waals surface area contributed by atoms with Crippen LogP contribution in [0, 0.1) is 30.6 Å². The number of alkyl halides is 1. The molecular formula is C43H54FN5O4. The van der Waals surface area contributed by atoms with Gasteiger partial charge in [-0.1, -0.05) is 45.0 Å². The van der Waals surface area contributed by atoms with Crippen LogP contribution in [-0.4, -0.2) is 77.8 Å². The zero-order chi connectivity index (χ0) is 38.2. The van der Waals surface area contributed by atoms with Gasteiger partial charge in [0.2, 0.25) is 0 Å². The van der Waals surface area contributed by atoms with E-state index in [1.165, 1.54) is 17.2 Å². The minimum Gasteiger partial charge on any atom is -0.496 e. The molecule has 10 heteroatoms. The van der Waals surface area contributed by atoms with E-state index in [1.54, 1.807) is 39.7 Å². The highest BCUT2D eigenvalue weighted by Gasteiger charge is 2.51. The molecule has 282 valence electrons. The molecule has 2 aliphatic heterocycles. The molecule has 0 bridgehead atoms. The second-order valence-corrected chi connectivity index (χ2v) is 15.9. The fourth-order valence-corrected chi connectivity index (χ4v) is 8.47. The number of amides is 1. The summed E-state index contributed by atoms with van der Waals surface area (Å²) in [7, 11) is 5.19. The van der Waals surface area contributed by atoms with Crippen molar-refractivity contribution in [1.82, 2.24) is 19.3 Å². The summed E-state index contributed by atoms with van der Waals surface area (Å²) in [5, 5.41) is 9.84.